The second-order valence-electron chi connectivity index (χ2n) is 9.17. The molecule has 0 amide bonds. The van der Waals surface area contributed by atoms with Crippen LogP contribution >= 0.6 is 0 Å². The predicted molar refractivity (Wildman–Crippen MR) is 119 cm³/mol. The van der Waals surface area contributed by atoms with Crippen LogP contribution in [-0.4, -0.2) is 38.9 Å². The first-order chi connectivity index (χ1) is 14.1. The lowest BCUT2D eigenvalue weighted by atomic mass is 9.64. The molecule has 0 radical (unpaired) electrons. The van der Waals surface area contributed by atoms with Crippen molar-refractivity contribution in [1.29, 1.82) is 0 Å². The summed E-state index contributed by atoms with van der Waals surface area (Å²) in [5, 5.41) is 7.05. The minimum absolute atomic E-state index is 0.332. The van der Waals surface area contributed by atoms with Gasteiger partial charge in [0.1, 0.15) is 0 Å². The molecule has 2 aliphatic rings. The number of hydrogen-bond donors (Lipinski definition) is 2. The van der Waals surface area contributed by atoms with Gasteiger partial charge in [0, 0.05) is 33.4 Å². The van der Waals surface area contributed by atoms with Crippen LogP contribution in [0.3, 0.4) is 0 Å². The minimum atomic E-state index is 0.332. The van der Waals surface area contributed by atoms with E-state index in [1.54, 1.807) is 0 Å². The summed E-state index contributed by atoms with van der Waals surface area (Å²) in [6.45, 7) is 8.74. The SMILES string of the molecule is CN=C(NCc1cccc(COC2CCOCC2)c1)NCC1(CC(C)C)CCC1. The number of ether oxygens (including phenoxy) is 2. The van der Waals surface area contributed by atoms with Gasteiger partial charge >= 0.3 is 0 Å². The normalized spacial score (nSPS) is 19.8. The first-order valence-electron chi connectivity index (χ1n) is 11.3. The van der Waals surface area contributed by atoms with Gasteiger partial charge in [0.2, 0.25) is 0 Å². The van der Waals surface area contributed by atoms with Gasteiger partial charge < -0.3 is 20.1 Å². The largest absolute Gasteiger partial charge is 0.381 e. The average Bonchev–Trinajstić information content (AvgIpc) is 2.71. The highest BCUT2D eigenvalue weighted by Crippen LogP contribution is 2.45. The van der Waals surface area contributed by atoms with Crippen molar-refractivity contribution < 1.29 is 9.47 Å². The summed E-state index contributed by atoms with van der Waals surface area (Å²) in [4.78, 5) is 4.42. The molecule has 0 aromatic heterocycles. The third-order valence-electron chi connectivity index (χ3n) is 6.22. The van der Waals surface area contributed by atoms with E-state index in [9.17, 15) is 0 Å². The minimum Gasteiger partial charge on any atom is -0.381 e. The highest BCUT2D eigenvalue weighted by molar-refractivity contribution is 5.79. The summed E-state index contributed by atoms with van der Waals surface area (Å²) in [6.07, 6.45) is 7.67. The van der Waals surface area contributed by atoms with Crippen LogP contribution in [0.25, 0.3) is 0 Å². The second-order valence-corrected chi connectivity index (χ2v) is 9.17. The molecule has 2 fully saturated rings. The maximum Gasteiger partial charge on any atom is 0.191 e. The van der Waals surface area contributed by atoms with Crippen molar-refractivity contribution in [3.63, 3.8) is 0 Å². The summed E-state index contributed by atoms with van der Waals surface area (Å²) < 4.78 is 11.5. The summed E-state index contributed by atoms with van der Waals surface area (Å²) in [6, 6.07) is 8.64. The van der Waals surface area contributed by atoms with E-state index in [-0.39, 0.29) is 0 Å². The number of hydrogen-bond acceptors (Lipinski definition) is 3. The molecule has 0 spiro atoms. The zero-order valence-electron chi connectivity index (χ0n) is 18.5. The van der Waals surface area contributed by atoms with Crippen molar-refractivity contribution in [2.75, 3.05) is 26.8 Å². The van der Waals surface area contributed by atoms with E-state index in [0.29, 0.717) is 18.1 Å². The Morgan fingerprint density at radius 2 is 1.97 bits per heavy atom. The Labute approximate surface area is 176 Å². The fourth-order valence-electron chi connectivity index (χ4n) is 4.56. The quantitative estimate of drug-likeness (QED) is 0.479. The summed E-state index contributed by atoms with van der Waals surface area (Å²) in [5.74, 6) is 1.64. The fourth-order valence-corrected chi connectivity index (χ4v) is 4.56. The molecule has 3 rings (SSSR count). The van der Waals surface area contributed by atoms with Gasteiger partial charge in [-0.25, -0.2) is 0 Å². The molecule has 162 valence electrons. The Morgan fingerprint density at radius 1 is 1.21 bits per heavy atom. The summed E-state index contributed by atoms with van der Waals surface area (Å²) >= 11 is 0. The lowest BCUT2D eigenvalue weighted by Gasteiger charge is -2.43. The van der Waals surface area contributed by atoms with Gasteiger partial charge in [0.05, 0.1) is 12.7 Å². The van der Waals surface area contributed by atoms with Crippen molar-refractivity contribution in [1.82, 2.24) is 10.6 Å². The Morgan fingerprint density at radius 3 is 2.62 bits per heavy atom. The van der Waals surface area contributed by atoms with Crippen LogP contribution in [0.5, 0.6) is 0 Å². The Hall–Kier alpha value is -1.59. The molecular formula is C24H39N3O2. The van der Waals surface area contributed by atoms with Gasteiger partial charge in [-0.05, 0) is 54.6 Å². The van der Waals surface area contributed by atoms with Crippen LogP contribution in [0.4, 0.5) is 0 Å². The van der Waals surface area contributed by atoms with Gasteiger partial charge in [-0.15, -0.1) is 0 Å². The highest BCUT2D eigenvalue weighted by atomic mass is 16.5. The topological polar surface area (TPSA) is 54.9 Å². The Kier molecular flexibility index (Phi) is 8.37. The summed E-state index contributed by atoms with van der Waals surface area (Å²) in [5.41, 5.74) is 2.94. The summed E-state index contributed by atoms with van der Waals surface area (Å²) in [7, 11) is 1.85. The second kappa shape index (κ2) is 11.0. The van der Waals surface area contributed by atoms with Crippen LogP contribution < -0.4 is 10.6 Å². The maximum absolute atomic E-state index is 6.06. The van der Waals surface area contributed by atoms with Crippen molar-refractivity contribution in [3.05, 3.63) is 35.4 Å². The number of aliphatic imine (C=N–C) groups is 1. The molecule has 1 saturated heterocycles. The van der Waals surface area contributed by atoms with E-state index >= 15 is 0 Å². The molecule has 1 aliphatic heterocycles. The van der Waals surface area contributed by atoms with Crippen LogP contribution in [0.2, 0.25) is 0 Å². The molecule has 2 N–H and O–H groups in total. The van der Waals surface area contributed by atoms with E-state index in [2.05, 4.69) is 53.7 Å². The molecule has 0 unspecified atom stereocenters. The number of benzene rings is 1. The van der Waals surface area contributed by atoms with E-state index in [4.69, 9.17) is 9.47 Å². The molecule has 1 aliphatic carbocycles. The molecule has 5 heteroatoms. The fraction of sp³-hybridized carbons (Fsp3) is 0.708. The van der Waals surface area contributed by atoms with Gasteiger partial charge in [0.15, 0.2) is 5.96 Å². The third-order valence-corrected chi connectivity index (χ3v) is 6.22. The predicted octanol–water partition coefficient (Wildman–Crippen LogP) is 4.26. The first-order valence-corrected chi connectivity index (χ1v) is 11.3. The lowest BCUT2D eigenvalue weighted by Crippen LogP contribution is -2.46. The molecule has 1 heterocycles. The van der Waals surface area contributed by atoms with Crippen molar-refractivity contribution in [3.8, 4) is 0 Å². The zero-order chi connectivity index (χ0) is 20.5. The molecule has 29 heavy (non-hydrogen) atoms. The maximum atomic E-state index is 6.06. The number of nitrogens with zero attached hydrogens (tertiary/aromatic N) is 1. The van der Waals surface area contributed by atoms with Crippen LogP contribution in [0, 0.1) is 11.3 Å². The van der Waals surface area contributed by atoms with Crippen molar-refractivity contribution in [2.24, 2.45) is 16.3 Å². The number of rotatable bonds is 9. The third kappa shape index (κ3) is 7.00. The van der Waals surface area contributed by atoms with E-state index in [0.717, 1.165) is 51.0 Å². The monoisotopic (exact) mass is 401 g/mol. The van der Waals surface area contributed by atoms with E-state index in [1.165, 1.54) is 36.8 Å². The molecule has 1 aromatic rings. The molecule has 0 atom stereocenters. The van der Waals surface area contributed by atoms with Gasteiger partial charge in [-0.3, -0.25) is 4.99 Å². The highest BCUT2D eigenvalue weighted by Gasteiger charge is 2.37. The molecule has 1 aromatic carbocycles. The standard InChI is InChI=1S/C24H39N3O2/c1-19(2)15-24(10-5-11-24)18-27-23(25-3)26-16-20-6-4-7-21(14-20)17-29-22-8-12-28-13-9-22/h4,6-7,14,19,22H,5,8-13,15-18H2,1-3H3,(H2,25,26,27). The van der Waals surface area contributed by atoms with Crippen LogP contribution in [-0.2, 0) is 22.6 Å². The smallest absolute Gasteiger partial charge is 0.191 e. The average molecular weight is 402 g/mol. The lowest BCUT2D eigenvalue weighted by molar-refractivity contribution is -0.0390. The molecule has 5 nitrogen and oxygen atoms in total. The van der Waals surface area contributed by atoms with Crippen molar-refractivity contribution in [2.45, 2.75) is 71.6 Å². The van der Waals surface area contributed by atoms with Crippen LogP contribution in [0.1, 0.15) is 63.5 Å². The number of nitrogens with one attached hydrogen (secondary N) is 2. The number of guanidine groups is 1. The van der Waals surface area contributed by atoms with E-state index < -0.39 is 0 Å². The molecule has 0 bridgehead atoms. The molecular weight excluding hydrogens is 362 g/mol. The van der Waals surface area contributed by atoms with Crippen molar-refractivity contribution >= 4 is 5.96 Å². The van der Waals surface area contributed by atoms with Crippen LogP contribution in [0.15, 0.2) is 29.3 Å². The Bertz CT molecular complexity index is 649. The zero-order valence-corrected chi connectivity index (χ0v) is 18.5. The van der Waals surface area contributed by atoms with Gasteiger partial charge in [0.25, 0.3) is 0 Å². The molecule has 1 saturated carbocycles. The van der Waals surface area contributed by atoms with Gasteiger partial charge in [-0.2, -0.15) is 0 Å². The van der Waals surface area contributed by atoms with E-state index in [1.807, 2.05) is 7.05 Å². The Balaban J connectivity index is 1.44. The first kappa shape index (κ1) is 22.1. The van der Waals surface area contributed by atoms with Gasteiger partial charge in [-0.1, -0.05) is 44.5 Å².